The third-order valence-electron chi connectivity index (χ3n) is 7.55. The van der Waals surface area contributed by atoms with Crippen molar-refractivity contribution in [2.45, 2.75) is 89.9 Å². The molecule has 4 amide bonds. The minimum absolute atomic E-state index is 0.0608. The summed E-state index contributed by atoms with van der Waals surface area (Å²) in [6.07, 6.45) is 2.27. The molecule has 0 fully saturated rings. The summed E-state index contributed by atoms with van der Waals surface area (Å²) in [5.41, 5.74) is 31.1. The molecule has 4 atom stereocenters. The lowest BCUT2D eigenvalue weighted by Gasteiger charge is -2.26. The zero-order valence-corrected chi connectivity index (χ0v) is 29.0. The zero-order chi connectivity index (χ0) is 37.8. The van der Waals surface area contributed by atoms with Crippen LogP contribution in [0.4, 0.5) is 0 Å². The molecule has 276 valence electrons. The van der Waals surface area contributed by atoms with E-state index in [0.29, 0.717) is 36.9 Å². The Kier molecular flexibility index (Phi) is 19.2. The zero-order valence-electron chi connectivity index (χ0n) is 29.0. The summed E-state index contributed by atoms with van der Waals surface area (Å²) in [6.45, 7) is 5.33. The molecule has 2 aromatic carbocycles. The fraction of sp³-hybridized carbons (Fsp3) is 0.471. The number of aliphatic carboxylic acids is 1. The Bertz CT molecular complexity index is 1420. The topological polar surface area (TPSA) is 304 Å². The number of benzene rings is 2. The second kappa shape index (κ2) is 22.4. The van der Waals surface area contributed by atoms with Crippen molar-refractivity contribution in [3.8, 4) is 5.75 Å². The van der Waals surface area contributed by atoms with Crippen LogP contribution in [-0.2, 0) is 36.8 Å². The number of phenols is 1. The molecule has 2 rings (SSSR count). The lowest BCUT2D eigenvalue weighted by atomic mass is 9.95. The van der Waals surface area contributed by atoms with Gasteiger partial charge < -0.3 is 54.8 Å². The number of hydrogen-bond acceptors (Lipinski definition) is 9. The number of nitrogens with two attached hydrogens (primary N) is 5. The highest BCUT2D eigenvalue weighted by atomic mass is 16.4. The Morgan fingerprint density at radius 1 is 0.780 bits per heavy atom. The van der Waals surface area contributed by atoms with E-state index >= 15 is 0 Å². The summed E-state index contributed by atoms with van der Waals surface area (Å²) in [6, 6.07) is 8.07. The molecule has 0 aromatic heterocycles. The van der Waals surface area contributed by atoms with Crippen molar-refractivity contribution >= 4 is 35.6 Å². The van der Waals surface area contributed by atoms with Crippen LogP contribution in [0.2, 0.25) is 0 Å². The van der Waals surface area contributed by atoms with Crippen LogP contribution in [0.15, 0.2) is 47.5 Å². The number of carboxylic acids is 1. The first kappa shape index (κ1) is 42.8. The molecule has 15 N–H and O–H groups in total. The summed E-state index contributed by atoms with van der Waals surface area (Å²) < 4.78 is 0. The van der Waals surface area contributed by atoms with Gasteiger partial charge in [-0.15, -0.1) is 0 Å². The number of rotatable bonds is 19. The number of hydrogen-bond donors (Lipinski definition) is 10. The van der Waals surface area contributed by atoms with E-state index in [1.807, 2.05) is 30.3 Å². The van der Waals surface area contributed by atoms with Gasteiger partial charge in [-0.1, -0.05) is 30.3 Å². The molecule has 0 saturated heterocycles. The monoisotopic (exact) mass is 699 g/mol. The number of aryl methyl sites for hydroxylation is 2. The molecule has 2 aromatic rings. The number of carbonyl (C=O) groups is 5. The van der Waals surface area contributed by atoms with Crippen LogP contribution in [0.1, 0.15) is 61.3 Å². The average molecular weight is 700 g/mol. The molecule has 0 bridgehead atoms. The van der Waals surface area contributed by atoms with Gasteiger partial charge in [-0.2, -0.15) is 0 Å². The van der Waals surface area contributed by atoms with Gasteiger partial charge >= 0.3 is 0 Å². The molecule has 16 nitrogen and oxygen atoms in total. The largest absolute Gasteiger partial charge is 0.508 e. The van der Waals surface area contributed by atoms with E-state index in [0.717, 1.165) is 18.1 Å². The van der Waals surface area contributed by atoms with Crippen LogP contribution < -0.4 is 44.6 Å². The Morgan fingerprint density at radius 2 is 1.32 bits per heavy atom. The van der Waals surface area contributed by atoms with Crippen molar-refractivity contribution in [2.24, 2.45) is 33.7 Å². The number of nitrogens with zero attached hydrogens (tertiary/aromatic N) is 1. The summed E-state index contributed by atoms with van der Waals surface area (Å²) in [7, 11) is 0. The van der Waals surface area contributed by atoms with E-state index in [1.54, 1.807) is 26.0 Å². The Labute approximate surface area is 292 Å². The molecule has 0 radical (unpaired) electrons. The van der Waals surface area contributed by atoms with Crippen LogP contribution in [0.3, 0.4) is 0 Å². The van der Waals surface area contributed by atoms with Crippen LogP contribution in [0.5, 0.6) is 5.75 Å². The standard InChI is InChI=1S/C32H49N9O5.C2H4O2/c1-19-15-22(42)16-20(2)23(19)18-27(41-29(44)24(34)11-8-14-38-32(36)37)31(46)39-25(12-6-7-13-33)30(45)40-26(28(35)43)17-21-9-4-3-5-10-21;1-2(3)4/h3-5,9-10,15-16,24-27,42H,6-8,11-14,17-18,33-34H2,1-2H3,(H2,35,43)(H,39,46)(H,40,45)(H,41,44)(H4,36,37,38);1H3,(H,3,4)/t24-,25+,26+,27+;/m1./s1. The van der Waals surface area contributed by atoms with E-state index in [2.05, 4.69) is 20.9 Å². The first-order valence-electron chi connectivity index (χ1n) is 16.3. The lowest BCUT2D eigenvalue weighted by molar-refractivity contribution is -0.134. The molecule has 0 aliphatic rings. The van der Waals surface area contributed by atoms with Crippen molar-refractivity contribution in [3.05, 3.63) is 64.7 Å². The van der Waals surface area contributed by atoms with Gasteiger partial charge in [0, 0.05) is 26.3 Å². The highest BCUT2D eigenvalue weighted by Crippen LogP contribution is 2.22. The second-order valence-electron chi connectivity index (χ2n) is 11.9. The van der Waals surface area contributed by atoms with Crippen molar-refractivity contribution in [3.63, 3.8) is 0 Å². The van der Waals surface area contributed by atoms with Crippen LogP contribution >= 0.6 is 0 Å². The molecule has 0 spiro atoms. The minimum atomic E-state index is -1.13. The normalized spacial score (nSPS) is 12.9. The highest BCUT2D eigenvalue weighted by Gasteiger charge is 2.30. The molecular weight excluding hydrogens is 646 g/mol. The highest BCUT2D eigenvalue weighted by molar-refractivity contribution is 5.94. The number of aliphatic imine (C=N–C) groups is 1. The minimum Gasteiger partial charge on any atom is -0.508 e. The second-order valence-corrected chi connectivity index (χ2v) is 11.9. The SMILES string of the molecule is CC(=O)O.Cc1cc(O)cc(C)c1C[C@H](NC(=O)[C@H](N)CCCN=C(N)N)C(=O)N[C@@H](CCCCN)C(=O)N[C@@H](Cc1ccccc1)C(N)=O. The molecule has 50 heavy (non-hydrogen) atoms. The van der Waals surface area contributed by atoms with Crippen molar-refractivity contribution in [1.29, 1.82) is 0 Å². The van der Waals surface area contributed by atoms with Gasteiger partial charge in [-0.05, 0) is 86.9 Å². The maximum Gasteiger partial charge on any atom is 0.300 e. The first-order chi connectivity index (χ1) is 23.5. The molecule has 0 saturated carbocycles. The number of carboxylic acid groups (broad SMARTS) is 1. The van der Waals surface area contributed by atoms with Gasteiger partial charge in [-0.3, -0.25) is 29.0 Å². The van der Waals surface area contributed by atoms with Gasteiger partial charge in [0.2, 0.25) is 23.6 Å². The van der Waals surface area contributed by atoms with Crippen LogP contribution in [-0.4, -0.2) is 83.0 Å². The van der Waals surface area contributed by atoms with E-state index in [1.165, 1.54) is 0 Å². The number of unbranched alkanes of at least 4 members (excludes halogenated alkanes) is 1. The summed E-state index contributed by atoms with van der Waals surface area (Å²) in [4.78, 5) is 65.6. The summed E-state index contributed by atoms with van der Waals surface area (Å²) in [5.74, 6) is -3.34. The Morgan fingerprint density at radius 3 is 1.86 bits per heavy atom. The molecule has 0 aliphatic carbocycles. The summed E-state index contributed by atoms with van der Waals surface area (Å²) in [5, 5.41) is 25.6. The maximum atomic E-state index is 13.8. The van der Waals surface area contributed by atoms with E-state index in [9.17, 15) is 24.3 Å². The quantitative estimate of drug-likeness (QED) is 0.0498. The van der Waals surface area contributed by atoms with E-state index in [-0.39, 0.29) is 43.9 Å². The number of amides is 4. The molecule has 0 heterocycles. The number of aromatic hydroxyl groups is 1. The predicted molar refractivity (Wildman–Crippen MR) is 191 cm³/mol. The Hall–Kier alpha value is -5.22. The summed E-state index contributed by atoms with van der Waals surface area (Å²) >= 11 is 0. The maximum absolute atomic E-state index is 13.8. The van der Waals surface area contributed by atoms with E-state index in [4.69, 9.17) is 38.6 Å². The number of carbonyl (C=O) groups excluding carboxylic acids is 4. The van der Waals surface area contributed by atoms with Crippen LogP contribution in [0.25, 0.3) is 0 Å². The lowest BCUT2D eigenvalue weighted by Crippen LogP contribution is -2.58. The van der Waals surface area contributed by atoms with Gasteiger partial charge in [0.05, 0.1) is 6.04 Å². The predicted octanol–water partition coefficient (Wildman–Crippen LogP) is -0.665. The van der Waals surface area contributed by atoms with E-state index < -0.39 is 53.8 Å². The van der Waals surface area contributed by atoms with Crippen molar-refractivity contribution in [1.82, 2.24) is 16.0 Å². The molecule has 0 aliphatic heterocycles. The third kappa shape index (κ3) is 16.7. The Balaban J connectivity index is 0.00000295. The van der Waals surface area contributed by atoms with Crippen LogP contribution in [0, 0.1) is 13.8 Å². The van der Waals surface area contributed by atoms with Crippen molar-refractivity contribution < 1.29 is 34.2 Å². The van der Waals surface area contributed by atoms with Gasteiger partial charge in [0.1, 0.15) is 23.9 Å². The third-order valence-corrected chi connectivity index (χ3v) is 7.55. The molecule has 0 unspecified atom stereocenters. The fourth-order valence-corrected chi connectivity index (χ4v) is 5.01. The van der Waals surface area contributed by atoms with Gasteiger partial charge in [-0.25, -0.2) is 0 Å². The number of nitrogens with one attached hydrogen (secondary N) is 3. The number of guanidine groups is 1. The fourth-order valence-electron chi connectivity index (χ4n) is 5.01. The smallest absolute Gasteiger partial charge is 0.300 e. The van der Waals surface area contributed by atoms with Gasteiger partial charge in [0.15, 0.2) is 5.96 Å². The number of phenolic OH excluding ortho intramolecular Hbond substituents is 1. The average Bonchev–Trinajstić information content (AvgIpc) is 3.03. The molecular formula is C34H53N9O7. The van der Waals surface area contributed by atoms with Crippen molar-refractivity contribution in [2.75, 3.05) is 13.1 Å². The van der Waals surface area contributed by atoms with Gasteiger partial charge in [0.25, 0.3) is 5.97 Å². The molecule has 16 heteroatoms. The first-order valence-corrected chi connectivity index (χ1v) is 16.3. The number of primary amides is 1.